The van der Waals surface area contributed by atoms with Crippen LogP contribution < -0.4 is 5.43 Å². The molecule has 1 atom stereocenters. The van der Waals surface area contributed by atoms with Gasteiger partial charge in [-0.2, -0.15) is 0 Å². The van der Waals surface area contributed by atoms with E-state index in [1.165, 1.54) is 4.91 Å². The number of halogens is 2. The predicted molar refractivity (Wildman–Crippen MR) is 96.8 cm³/mol. The van der Waals surface area contributed by atoms with Crippen molar-refractivity contribution in [3.8, 4) is 0 Å². The molecule has 3 aromatic rings. The van der Waals surface area contributed by atoms with E-state index in [9.17, 15) is 4.79 Å². The molecule has 24 heavy (non-hydrogen) atoms. The highest BCUT2D eigenvalue weighted by Crippen LogP contribution is 2.22. The maximum absolute atomic E-state index is 12.3. The lowest BCUT2D eigenvalue weighted by atomic mass is 10.1. The van der Waals surface area contributed by atoms with Crippen molar-refractivity contribution in [2.75, 3.05) is 5.43 Å². The second-order valence-corrected chi connectivity index (χ2v) is 6.47. The number of benzene rings is 2. The molecule has 2 aromatic carbocycles. The molecule has 0 aliphatic carbocycles. The first-order valence-electron chi connectivity index (χ1n) is 7.28. The van der Waals surface area contributed by atoms with Crippen LogP contribution in [-0.4, -0.2) is 21.0 Å². The zero-order valence-electron chi connectivity index (χ0n) is 12.6. The average molecular weight is 406 g/mol. The lowest BCUT2D eigenvalue weighted by molar-refractivity contribution is -0.116. The number of amides is 1. The van der Waals surface area contributed by atoms with Gasteiger partial charge in [-0.1, -0.05) is 81.0 Å². The van der Waals surface area contributed by atoms with E-state index >= 15 is 0 Å². The van der Waals surface area contributed by atoms with E-state index in [2.05, 4.69) is 31.6 Å². The number of rotatable bonds is 5. The maximum Gasteiger partial charge on any atom is 0.259 e. The fourth-order valence-electron chi connectivity index (χ4n) is 2.20. The van der Waals surface area contributed by atoms with Crippen LogP contribution in [0.3, 0.4) is 0 Å². The second-order valence-electron chi connectivity index (χ2n) is 5.14. The third kappa shape index (κ3) is 4.01. The Hall–Kier alpha value is -2.18. The summed E-state index contributed by atoms with van der Waals surface area (Å²) in [7, 11) is 0. The monoisotopic (exact) mass is 404 g/mol. The SMILES string of the molecule is O=C(Nn1ncc(Cc2ccccc2Cl)n1)C(Br)c1ccccc1. The molecule has 0 aliphatic heterocycles. The van der Waals surface area contributed by atoms with Crippen LogP contribution in [0.1, 0.15) is 21.6 Å². The van der Waals surface area contributed by atoms with Crippen LogP contribution >= 0.6 is 27.5 Å². The van der Waals surface area contributed by atoms with Crippen molar-refractivity contribution in [3.05, 3.63) is 82.6 Å². The fourth-order valence-corrected chi connectivity index (χ4v) is 2.81. The second kappa shape index (κ2) is 7.59. The van der Waals surface area contributed by atoms with Crippen LogP contribution in [0.15, 0.2) is 60.8 Å². The van der Waals surface area contributed by atoms with Crippen LogP contribution in [0, 0.1) is 0 Å². The Balaban J connectivity index is 1.66. The molecule has 0 aliphatic rings. The summed E-state index contributed by atoms with van der Waals surface area (Å²) in [6.45, 7) is 0. The van der Waals surface area contributed by atoms with E-state index in [4.69, 9.17) is 11.6 Å². The Labute approximate surface area is 152 Å². The van der Waals surface area contributed by atoms with Gasteiger partial charge in [0.2, 0.25) is 0 Å². The summed E-state index contributed by atoms with van der Waals surface area (Å²) in [6, 6.07) is 17.0. The van der Waals surface area contributed by atoms with Gasteiger partial charge >= 0.3 is 0 Å². The van der Waals surface area contributed by atoms with Gasteiger partial charge in [0.05, 0.1) is 11.9 Å². The largest absolute Gasteiger partial charge is 0.271 e. The summed E-state index contributed by atoms with van der Waals surface area (Å²) in [5, 5.41) is 9.01. The molecule has 1 amide bonds. The molecule has 0 spiro atoms. The minimum Gasteiger partial charge on any atom is -0.271 e. The van der Waals surface area contributed by atoms with Gasteiger partial charge in [-0.15, -0.1) is 10.2 Å². The van der Waals surface area contributed by atoms with Gasteiger partial charge in [0.25, 0.3) is 5.91 Å². The highest BCUT2D eigenvalue weighted by atomic mass is 79.9. The standard InChI is InChI=1S/C17H14BrClN4O/c18-16(12-6-2-1-3-7-12)17(24)22-23-20-11-14(21-23)10-13-8-4-5-9-15(13)19/h1-9,11,16H,10H2,(H,22,24). The highest BCUT2D eigenvalue weighted by Gasteiger charge is 2.18. The Morgan fingerprint density at radius 2 is 1.88 bits per heavy atom. The van der Waals surface area contributed by atoms with Crippen molar-refractivity contribution in [3.63, 3.8) is 0 Å². The molecule has 0 bridgehead atoms. The van der Waals surface area contributed by atoms with Gasteiger partial charge in [0, 0.05) is 11.4 Å². The lowest BCUT2D eigenvalue weighted by Crippen LogP contribution is -2.28. The van der Waals surface area contributed by atoms with Crippen LogP contribution in [0.2, 0.25) is 5.02 Å². The highest BCUT2D eigenvalue weighted by molar-refractivity contribution is 9.09. The molecule has 0 saturated heterocycles. The van der Waals surface area contributed by atoms with Gasteiger partial charge in [-0.25, -0.2) is 5.43 Å². The van der Waals surface area contributed by atoms with E-state index in [0.717, 1.165) is 11.1 Å². The molecular weight excluding hydrogens is 392 g/mol. The summed E-state index contributed by atoms with van der Waals surface area (Å²) in [4.78, 5) is 13.0. The van der Waals surface area contributed by atoms with E-state index < -0.39 is 4.83 Å². The van der Waals surface area contributed by atoms with Gasteiger partial charge in [-0.3, -0.25) is 4.79 Å². The molecular formula is C17H14BrClN4O. The van der Waals surface area contributed by atoms with Crippen LogP contribution in [0.5, 0.6) is 0 Å². The first-order valence-corrected chi connectivity index (χ1v) is 8.57. The summed E-state index contributed by atoms with van der Waals surface area (Å²) in [5.74, 6) is -0.249. The smallest absolute Gasteiger partial charge is 0.259 e. The first kappa shape index (κ1) is 16.7. The third-order valence-corrected chi connectivity index (χ3v) is 4.71. The zero-order valence-corrected chi connectivity index (χ0v) is 14.9. The predicted octanol–water partition coefficient (Wildman–Crippen LogP) is 3.73. The number of carbonyl (C=O) groups is 1. The molecule has 0 saturated carbocycles. The number of carbonyl (C=O) groups excluding carboxylic acids is 1. The van der Waals surface area contributed by atoms with Crippen molar-refractivity contribution >= 4 is 33.4 Å². The molecule has 3 rings (SSSR count). The van der Waals surface area contributed by atoms with Crippen molar-refractivity contribution in [1.82, 2.24) is 15.1 Å². The van der Waals surface area contributed by atoms with Crippen LogP contribution in [0.4, 0.5) is 0 Å². The molecule has 7 heteroatoms. The van der Waals surface area contributed by atoms with Crippen LogP contribution in [-0.2, 0) is 11.2 Å². The van der Waals surface area contributed by atoms with Gasteiger partial charge < -0.3 is 0 Å². The number of nitrogens with one attached hydrogen (secondary N) is 1. The molecule has 122 valence electrons. The molecule has 0 radical (unpaired) electrons. The summed E-state index contributed by atoms with van der Waals surface area (Å²) >= 11 is 9.52. The van der Waals surface area contributed by atoms with Crippen LogP contribution in [0.25, 0.3) is 0 Å². The molecule has 1 aromatic heterocycles. The number of alkyl halides is 1. The molecule has 1 unspecified atom stereocenters. The van der Waals surface area contributed by atoms with Crippen molar-refractivity contribution in [2.45, 2.75) is 11.2 Å². The Kier molecular flexibility index (Phi) is 5.27. The van der Waals surface area contributed by atoms with Crippen molar-refractivity contribution in [2.24, 2.45) is 0 Å². The molecule has 1 N–H and O–H groups in total. The summed E-state index contributed by atoms with van der Waals surface area (Å²) in [5.41, 5.74) is 5.17. The third-order valence-electron chi connectivity index (χ3n) is 3.40. The van der Waals surface area contributed by atoms with E-state index in [1.54, 1.807) is 6.20 Å². The van der Waals surface area contributed by atoms with E-state index in [-0.39, 0.29) is 5.91 Å². The molecule has 0 fully saturated rings. The van der Waals surface area contributed by atoms with E-state index in [1.807, 2.05) is 54.6 Å². The van der Waals surface area contributed by atoms with Gasteiger partial charge in [0.15, 0.2) is 0 Å². The number of hydrogen-bond acceptors (Lipinski definition) is 3. The molecule has 1 heterocycles. The normalized spacial score (nSPS) is 11.9. The minimum atomic E-state index is -0.475. The minimum absolute atomic E-state index is 0.249. The topological polar surface area (TPSA) is 59.8 Å². The average Bonchev–Trinajstić information content (AvgIpc) is 3.04. The number of hydrogen-bond donors (Lipinski definition) is 1. The first-order chi connectivity index (χ1) is 11.6. The lowest BCUT2D eigenvalue weighted by Gasteiger charge is -2.09. The summed E-state index contributed by atoms with van der Waals surface area (Å²) < 4.78 is 0. The van der Waals surface area contributed by atoms with E-state index in [0.29, 0.717) is 17.1 Å². The summed E-state index contributed by atoms with van der Waals surface area (Å²) in [6.07, 6.45) is 2.15. The Bertz CT molecular complexity index is 837. The zero-order chi connectivity index (χ0) is 16.9. The van der Waals surface area contributed by atoms with Gasteiger partial charge in [-0.05, 0) is 17.2 Å². The fraction of sp³-hybridized carbons (Fsp3) is 0.118. The number of aromatic nitrogens is 3. The van der Waals surface area contributed by atoms with Crippen molar-refractivity contribution < 1.29 is 4.79 Å². The molecule has 5 nitrogen and oxygen atoms in total. The quantitative estimate of drug-likeness (QED) is 0.658. The Morgan fingerprint density at radius 1 is 1.17 bits per heavy atom. The van der Waals surface area contributed by atoms with Crippen molar-refractivity contribution in [1.29, 1.82) is 0 Å². The van der Waals surface area contributed by atoms with Gasteiger partial charge in [0.1, 0.15) is 4.83 Å². The maximum atomic E-state index is 12.3. The number of nitrogens with zero attached hydrogens (tertiary/aromatic N) is 3. The Morgan fingerprint density at radius 3 is 2.62 bits per heavy atom.